The van der Waals surface area contributed by atoms with Gasteiger partial charge in [-0.1, -0.05) is 30.3 Å². The van der Waals surface area contributed by atoms with Crippen LogP contribution >= 0.6 is 0 Å². The summed E-state index contributed by atoms with van der Waals surface area (Å²) in [5.41, 5.74) is 4.76. The molecule has 2 fully saturated rings. The fraction of sp³-hybridized carbons (Fsp3) is 0.458. The van der Waals surface area contributed by atoms with Crippen LogP contribution < -0.4 is 4.90 Å². The Balaban J connectivity index is 1.30. The topological polar surface area (TPSA) is 60.9 Å². The van der Waals surface area contributed by atoms with Crippen LogP contribution in [-0.2, 0) is 6.42 Å². The summed E-state index contributed by atoms with van der Waals surface area (Å²) in [5, 5.41) is 7.71. The largest absolute Gasteiger partial charge is 0.341 e. The summed E-state index contributed by atoms with van der Waals surface area (Å²) in [4.78, 5) is 14.3. The van der Waals surface area contributed by atoms with Gasteiger partial charge in [0, 0.05) is 49.6 Å². The molecule has 2 aromatic heterocycles. The molecule has 6 heteroatoms. The van der Waals surface area contributed by atoms with Gasteiger partial charge in [-0.05, 0) is 50.3 Å². The summed E-state index contributed by atoms with van der Waals surface area (Å²) in [6, 6.07) is 12.8. The standard InChI is InChI=1S/C24H30N6/c1-2-7-19(8-3-1)11-16-29-13-6-9-20(18-29)23-21(17-26-28-23)22-10-12-25-24(27-22)30-14-4-5-15-30/h1-3,7-8,10,12,17,20H,4-6,9,11,13-16,18H2,(H,26,28)/t20-/m0/s1. The first-order chi connectivity index (χ1) is 14.9. The highest BCUT2D eigenvalue weighted by Gasteiger charge is 2.26. The average molecular weight is 403 g/mol. The molecule has 0 saturated carbocycles. The molecule has 1 aromatic carbocycles. The van der Waals surface area contributed by atoms with Crippen molar-refractivity contribution in [1.82, 2.24) is 25.1 Å². The molecular weight excluding hydrogens is 372 g/mol. The third-order valence-corrected chi connectivity index (χ3v) is 6.45. The molecule has 0 radical (unpaired) electrons. The first-order valence-electron chi connectivity index (χ1n) is 11.2. The summed E-state index contributed by atoms with van der Waals surface area (Å²) in [7, 11) is 0. The number of H-pyrrole nitrogens is 1. The fourth-order valence-electron chi connectivity index (χ4n) is 4.81. The van der Waals surface area contributed by atoms with E-state index in [0.29, 0.717) is 5.92 Å². The van der Waals surface area contributed by atoms with Crippen LogP contribution in [0.2, 0.25) is 0 Å². The lowest BCUT2D eigenvalue weighted by Crippen LogP contribution is -2.36. The van der Waals surface area contributed by atoms with Crippen LogP contribution in [0.3, 0.4) is 0 Å². The SMILES string of the molecule is c1ccc(CCN2CCC[C@H](c3[nH]ncc3-c3ccnc(N4CCCC4)n3)C2)cc1. The van der Waals surface area contributed by atoms with Gasteiger partial charge < -0.3 is 9.80 Å². The minimum Gasteiger partial charge on any atom is -0.341 e. The number of aromatic nitrogens is 4. The number of likely N-dealkylation sites (tertiary alicyclic amines) is 1. The van der Waals surface area contributed by atoms with Crippen molar-refractivity contribution in [3.05, 3.63) is 60.0 Å². The van der Waals surface area contributed by atoms with Gasteiger partial charge in [0.2, 0.25) is 5.95 Å². The predicted octanol–water partition coefficient (Wildman–Crippen LogP) is 3.89. The number of hydrogen-bond donors (Lipinski definition) is 1. The van der Waals surface area contributed by atoms with Crippen LogP contribution in [-0.4, -0.2) is 57.8 Å². The molecule has 2 aliphatic rings. The molecular formula is C24H30N6. The zero-order valence-electron chi connectivity index (χ0n) is 17.5. The number of rotatable bonds is 6. The Morgan fingerprint density at radius 2 is 1.87 bits per heavy atom. The molecule has 30 heavy (non-hydrogen) atoms. The van der Waals surface area contributed by atoms with Crippen molar-refractivity contribution in [2.45, 2.75) is 38.0 Å². The quantitative estimate of drug-likeness (QED) is 0.678. The first kappa shape index (κ1) is 19.2. The van der Waals surface area contributed by atoms with Crippen molar-refractivity contribution in [3.8, 4) is 11.3 Å². The van der Waals surface area contributed by atoms with E-state index in [2.05, 4.69) is 55.3 Å². The lowest BCUT2D eigenvalue weighted by Gasteiger charge is -2.32. The van der Waals surface area contributed by atoms with Crippen molar-refractivity contribution in [3.63, 3.8) is 0 Å². The van der Waals surface area contributed by atoms with Gasteiger partial charge >= 0.3 is 0 Å². The number of hydrogen-bond acceptors (Lipinski definition) is 5. The summed E-state index contributed by atoms with van der Waals surface area (Å²) >= 11 is 0. The van der Waals surface area contributed by atoms with Crippen LogP contribution in [0.25, 0.3) is 11.3 Å². The number of nitrogens with zero attached hydrogens (tertiary/aromatic N) is 5. The Labute approximate surface area is 178 Å². The lowest BCUT2D eigenvalue weighted by molar-refractivity contribution is 0.208. The number of nitrogens with one attached hydrogen (secondary N) is 1. The average Bonchev–Trinajstić information content (AvgIpc) is 3.51. The van der Waals surface area contributed by atoms with Gasteiger partial charge in [-0.2, -0.15) is 5.10 Å². The highest BCUT2D eigenvalue weighted by molar-refractivity contribution is 5.63. The van der Waals surface area contributed by atoms with Crippen LogP contribution in [0, 0.1) is 0 Å². The molecule has 6 nitrogen and oxygen atoms in total. The molecule has 4 heterocycles. The minimum atomic E-state index is 0.470. The highest BCUT2D eigenvalue weighted by atomic mass is 15.3. The Morgan fingerprint density at radius 3 is 2.73 bits per heavy atom. The maximum Gasteiger partial charge on any atom is 0.225 e. The van der Waals surface area contributed by atoms with Crippen molar-refractivity contribution in [2.75, 3.05) is 37.6 Å². The third-order valence-electron chi connectivity index (χ3n) is 6.45. The van der Waals surface area contributed by atoms with Crippen molar-refractivity contribution >= 4 is 5.95 Å². The second-order valence-corrected chi connectivity index (χ2v) is 8.51. The molecule has 156 valence electrons. The summed E-state index contributed by atoms with van der Waals surface area (Å²) < 4.78 is 0. The number of aromatic amines is 1. The van der Waals surface area contributed by atoms with Crippen LogP contribution in [0.5, 0.6) is 0 Å². The van der Waals surface area contributed by atoms with Crippen LogP contribution in [0.4, 0.5) is 5.95 Å². The van der Waals surface area contributed by atoms with E-state index in [-0.39, 0.29) is 0 Å². The Morgan fingerprint density at radius 1 is 1.00 bits per heavy atom. The maximum absolute atomic E-state index is 4.89. The van der Waals surface area contributed by atoms with E-state index >= 15 is 0 Å². The predicted molar refractivity (Wildman–Crippen MR) is 120 cm³/mol. The molecule has 2 aliphatic heterocycles. The zero-order valence-corrected chi connectivity index (χ0v) is 17.5. The van der Waals surface area contributed by atoms with Gasteiger partial charge in [0.1, 0.15) is 0 Å². The van der Waals surface area contributed by atoms with Crippen molar-refractivity contribution in [2.24, 2.45) is 0 Å². The molecule has 2 saturated heterocycles. The molecule has 0 amide bonds. The Bertz CT molecular complexity index is 947. The Hall–Kier alpha value is -2.73. The molecule has 1 N–H and O–H groups in total. The van der Waals surface area contributed by atoms with E-state index in [0.717, 1.165) is 49.8 Å². The zero-order chi connectivity index (χ0) is 20.2. The molecule has 0 bridgehead atoms. The highest BCUT2D eigenvalue weighted by Crippen LogP contribution is 2.33. The van der Waals surface area contributed by atoms with Crippen LogP contribution in [0.15, 0.2) is 48.8 Å². The maximum atomic E-state index is 4.89. The van der Waals surface area contributed by atoms with Gasteiger partial charge in [-0.3, -0.25) is 5.10 Å². The monoisotopic (exact) mass is 402 g/mol. The van der Waals surface area contributed by atoms with E-state index in [1.165, 1.54) is 43.5 Å². The molecule has 5 rings (SSSR count). The molecule has 0 unspecified atom stereocenters. The van der Waals surface area contributed by atoms with Crippen molar-refractivity contribution in [1.29, 1.82) is 0 Å². The normalized spacial score (nSPS) is 20.0. The number of benzene rings is 1. The van der Waals surface area contributed by atoms with Crippen molar-refractivity contribution < 1.29 is 0 Å². The van der Waals surface area contributed by atoms with E-state index in [1.54, 1.807) is 0 Å². The van der Waals surface area contributed by atoms with E-state index in [4.69, 9.17) is 4.98 Å². The third kappa shape index (κ3) is 4.24. The molecule has 3 aromatic rings. The van der Waals surface area contributed by atoms with Gasteiger partial charge in [-0.15, -0.1) is 0 Å². The second-order valence-electron chi connectivity index (χ2n) is 8.51. The lowest BCUT2D eigenvalue weighted by atomic mass is 9.91. The van der Waals surface area contributed by atoms with Gasteiger partial charge in [0.05, 0.1) is 11.9 Å². The van der Waals surface area contributed by atoms with E-state index < -0.39 is 0 Å². The minimum absolute atomic E-state index is 0.470. The summed E-state index contributed by atoms with van der Waals surface area (Å²) in [6.45, 7) is 5.48. The van der Waals surface area contributed by atoms with Gasteiger partial charge in [-0.25, -0.2) is 9.97 Å². The number of piperidine rings is 1. The van der Waals surface area contributed by atoms with Gasteiger partial charge in [0.25, 0.3) is 0 Å². The molecule has 1 atom stereocenters. The summed E-state index contributed by atoms with van der Waals surface area (Å²) in [6.07, 6.45) is 9.81. The molecule has 0 spiro atoms. The summed E-state index contributed by atoms with van der Waals surface area (Å²) in [5.74, 6) is 1.32. The number of anilines is 1. The second kappa shape index (κ2) is 8.96. The van der Waals surface area contributed by atoms with Crippen LogP contribution in [0.1, 0.15) is 42.9 Å². The Kier molecular flexibility index (Phi) is 5.75. The van der Waals surface area contributed by atoms with Gasteiger partial charge in [0.15, 0.2) is 0 Å². The first-order valence-corrected chi connectivity index (χ1v) is 11.2. The smallest absolute Gasteiger partial charge is 0.225 e. The fourth-order valence-corrected chi connectivity index (χ4v) is 4.81. The van der Waals surface area contributed by atoms with E-state index in [9.17, 15) is 0 Å². The van der Waals surface area contributed by atoms with E-state index in [1.807, 2.05) is 18.5 Å². The molecule has 0 aliphatic carbocycles.